The Kier molecular flexibility index (Phi) is 3.12. The molecule has 1 aromatic heterocycles. The van der Waals surface area contributed by atoms with Crippen molar-refractivity contribution in [1.29, 1.82) is 0 Å². The maximum absolute atomic E-state index is 8.92. The summed E-state index contributed by atoms with van der Waals surface area (Å²) in [5.74, 6) is 0.706. The first-order valence-corrected chi connectivity index (χ1v) is 4.33. The van der Waals surface area contributed by atoms with E-state index in [0.29, 0.717) is 12.4 Å². The molecule has 0 atom stereocenters. The molecule has 0 saturated heterocycles. The van der Waals surface area contributed by atoms with Crippen LogP contribution in [0.15, 0.2) is 16.7 Å². The highest BCUT2D eigenvalue weighted by Gasteiger charge is 2.13. The standard InChI is InChI=1S/C10H16O3/c1-10(2,3)13-7-9-8(6-11)4-5-12-9/h4-5,11H,6-7H2,1-3H3. The van der Waals surface area contributed by atoms with Gasteiger partial charge in [-0.1, -0.05) is 0 Å². The number of aliphatic hydroxyl groups excluding tert-OH is 1. The maximum atomic E-state index is 8.92. The number of rotatable bonds is 3. The van der Waals surface area contributed by atoms with Crippen LogP contribution in [0.3, 0.4) is 0 Å². The van der Waals surface area contributed by atoms with Crippen LogP contribution < -0.4 is 0 Å². The minimum absolute atomic E-state index is 0.000659. The molecule has 0 fully saturated rings. The molecule has 0 radical (unpaired) electrons. The van der Waals surface area contributed by atoms with Crippen LogP contribution in [-0.4, -0.2) is 10.7 Å². The summed E-state index contributed by atoms with van der Waals surface area (Å²) in [5, 5.41) is 8.92. The first-order valence-electron chi connectivity index (χ1n) is 4.33. The zero-order chi connectivity index (χ0) is 9.90. The van der Waals surface area contributed by atoms with E-state index in [1.54, 1.807) is 12.3 Å². The SMILES string of the molecule is CC(C)(C)OCc1occc1CO. The lowest BCUT2D eigenvalue weighted by Crippen LogP contribution is -2.18. The molecule has 0 aromatic carbocycles. The first-order chi connectivity index (χ1) is 6.03. The molecule has 0 bridgehead atoms. The third-order valence-corrected chi connectivity index (χ3v) is 1.64. The van der Waals surface area contributed by atoms with Crippen LogP contribution in [0.5, 0.6) is 0 Å². The van der Waals surface area contributed by atoms with Gasteiger partial charge in [-0.3, -0.25) is 0 Å². The molecule has 1 rings (SSSR count). The molecule has 1 N–H and O–H groups in total. The van der Waals surface area contributed by atoms with Gasteiger partial charge in [0.25, 0.3) is 0 Å². The second kappa shape index (κ2) is 3.94. The van der Waals surface area contributed by atoms with Crippen molar-refractivity contribution in [2.75, 3.05) is 0 Å². The van der Waals surface area contributed by atoms with Gasteiger partial charge in [-0.15, -0.1) is 0 Å². The first kappa shape index (κ1) is 10.3. The van der Waals surface area contributed by atoms with Crippen LogP contribution in [0.4, 0.5) is 0 Å². The molecule has 1 aromatic rings. The lowest BCUT2D eigenvalue weighted by molar-refractivity contribution is -0.0231. The summed E-state index contributed by atoms with van der Waals surface area (Å²) in [6.07, 6.45) is 1.56. The summed E-state index contributed by atoms with van der Waals surface area (Å²) in [6.45, 7) is 6.35. The molecule has 74 valence electrons. The number of furan rings is 1. The van der Waals surface area contributed by atoms with Gasteiger partial charge in [-0.05, 0) is 26.8 Å². The molecule has 0 unspecified atom stereocenters. The van der Waals surface area contributed by atoms with Gasteiger partial charge >= 0.3 is 0 Å². The van der Waals surface area contributed by atoms with Gasteiger partial charge in [0.1, 0.15) is 12.4 Å². The van der Waals surface area contributed by atoms with Crippen molar-refractivity contribution >= 4 is 0 Å². The van der Waals surface area contributed by atoms with E-state index in [-0.39, 0.29) is 12.2 Å². The lowest BCUT2D eigenvalue weighted by atomic mass is 10.2. The Morgan fingerprint density at radius 3 is 2.69 bits per heavy atom. The molecular formula is C10H16O3. The van der Waals surface area contributed by atoms with E-state index >= 15 is 0 Å². The Balaban J connectivity index is 2.54. The Bertz CT molecular complexity index is 257. The highest BCUT2D eigenvalue weighted by Crippen LogP contribution is 2.16. The second-order valence-corrected chi connectivity index (χ2v) is 3.93. The zero-order valence-corrected chi connectivity index (χ0v) is 8.33. The maximum Gasteiger partial charge on any atom is 0.134 e. The third-order valence-electron chi connectivity index (χ3n) is 1.64. The molecule has 0 aliphatic rings. The fourth-order valence-electron chi connectivity index (χ4n) is 0.917. The van der Waals surface area contributed by atoms with E-state index in [4.69, 9.17) is 14.3 Å². The molecular weight excluding hydrogens is 168 g/mol. The molecule has 0 amide bonds. The predicted molar refractivity (Wildman–Crippen MR) is 49.2 cm³/mol. The van der Waals surface area contributed by atoms with Crippen molar-refractivity contribution in [3.05, 3.63) is 23.7 Å². The Labute approximate surface area is 78.3 Å². The quantitative estimate of drug-likeness (QED) is 0.782. The lowest BCUT2D eigenvalue weighted by Gasteiger charge is -2.18. The van der Waals surface area contributed by atoms with Crippen LogP contribution in [0, 0.1) is 0 Å². The fraction of sp³-hybridized carbons (Fsp3) is 0.600. The van der Waals surface area contributed by atoms with Crippen LogP contribution >= 0.6 is 0 Å². The van der Waals surface area contributed by atoms with Gasteiger partial charge < -0.3 is 14.3 Å². The van der Waals surface area contributed by atoms with Gasteiger partial charge in [0.05, 0.1) is 18.5 Å². The zero-order valence-electron chi connectivity index (χ0n) is 8.33. The van der Waals surface area contributed by atoms with E-state index < -0.39 is 0 Å². The summed E-state index contributed by atoms with van der Waals surface area (Å²) >= 11 is 0. The normalized spacial score (nSPS) is 12.0. The van der Waals surface area contributed by atoms with Gasteiger partial charge in [-0.25, -0.2) is 0 Å². The molecule has 0 spiro atoms. The monoisotopic (exact) mass is 184 g/mol. The third kappa shape index (κ3) is 3.20. The molecule has 0 aliphatic carbocycles. The van der Waals surface area contributed by atoms with E-state index in [9.17, 15) is 0 Å². The van der Waals surface area contributed by atoms with Crippen LogP contribution in [0.1, 0.15) is 32.1 Å². The molecule has 0 saturated carbocycles. The fourth-order valence-corrected chi connectivity index (χ4v) is 0.917. The topological polar surface area (TPSA) is 42.6 Å². The average molecular weight is 184 g/mol. The molecule has 13 heavy (non-hydrogen) atoms. The summed E-state index contributed by atoms with van der Waals surface area (Å²) < 4.78 is 10.7. The summed E-state index contributed by atoms with van der Waals surface area (Å²) in [5.41, 5.74) is 0.615. The van der Waals surface area contributed by atoms with Crippen molar-refractivity contribution in [2.24, 2.45) is 0 Å². The number of ether oxygens (including phenoxy) is 1. The number of hydrogen-bond acceptors (Lipinski definition) is 3. The Morgan fingerprint density at radius 1 is 1.46 bits per heavy atom. The molecule has 3 heteroatoms. The predicted octanol–water partition coefficient (Wildman–Crippen LogP) is 2.09. The van der Waals surface area contributed by atoms with Crippen molar-refractivity contribution < 1.29 is 14.3 Å². The largest absolute Gasteiger partial charge is 0.467 e. The molecule has 3 nitrogen and oxygen atoms in total. The minimum atomic E-state index is -0.181. The van der Waals surface area contributed by atoms with Gasteiger partial charge in [0.2, 0.25) is 0 Å². The van der Waals surface area contributed by atoms with Crippen LogP contribution in [0.25, 0.3) is 0 Å². The van der Waals surface area contributed by atoms with Crippen molar-refractivity contribution in [1.82, 2.24) is 0 Å². The van der Waals surface area contributed by atoms with Gasteiger partial charge in [0, 0.05) is 5.56 Å². The highest BCUT2D eigenvalue weighted by atomic mass is 16.5. The van der Waals surface area contributed by atoms with Crippen molar-refractivity contribution in [3.8, 4) is 0 Å². The number of hydrogen-bond donors (Lipinski definition) is 1. The van der Waals surface area contributed by atoms with Crippen LogP contribution in [-0.2, 0) is 18.0 Å². The average Bonchev–Trinajstić information content (AvgIpc) is 2.46. The van der Waals surface area contributed by atoms with E-state index in [1.165, 1.54) is 0 Å². The van der Waals surface area contributed by atoms with E-state index in [0.717, 1.165) is 5.56 Å². The smallest absolute Gasteiger partial charge is 0.134 e. The van der Waals surface area contributed by atoms with Crippen LogP contribution in [0.2, 0.25) is 0 Å². The van der Waals surface area contributed by atoms with Crippen molar-refractivity contribution in [3.63, 3.8) is 0 Å². The van der Waals surface area contributed by atoms with Crippen molar-refractivity contribution in [2.45, 2.75) is 39.6 Å². The summed E-state index contributed by atoms with van der Waals surface area (Å²) in [4.78, 5) is 0. The minimum Gasteiger partial charge on any atom is -0.467 e. The molecule has 0 aliphatic heterocycles. The van der Waals surface area contributed by atoms with Gasteiger partial charge in [-0.2, -0.15) is 0 Å². The van der Waals surface area contributed by atoms with E-state index in [2.05, 4.69) is 0 Å². The summed E-state index contributed by atoms with van der Waals surface area (Å²) in [7, 11) is 0. The molecule has 1 heterocycles. The second-order valence-electron chi connectivity index (χ2n) is 3.93. The van der Waals surface area contributed by atoms with Gasteiger partial charge in [0.15, 0.2) is 0 Å². The Morgan fingerprint density at radius 2 is 2.15 bits per heavy atom. The number of aliphatic hydroxyl groups is 1. The Hall–Kier alpha value is -0.800. The summed E-state index contributed by atoms with van der Waals surface area (Å²) in [6, 6.07) is 1.75. The van der Waals surface area contributed by atoms with E-state index in [1.807, 2.05) is 20.8 Å². The highest BCUT2D eigenvalue weighted by molar-refractivity contribution is 5.14.